The highest BCUT2D eigenvalue weighted by Crippen LogP contribution is 2.39. The molecule has 1 fully saturated rings. The Balaban J connectivity index is 1.59. The standard InChI is InChI=1S/C19H20N2O3S/c22-17(14-9-5-11-24-14)21-19-16(13-8-4-10-15(13)25-19)18(23)20-12-6-2-1-3-7-12/h1-3,6-7,14H,4-5,8-11H2,(H,20,23)(H,21,22). The number of nitrogens with one attached hydrogen (secondary N) is 2. The molecule has 2 aromatic rings. The normalized spacial score (nSPS) is 18.8. The predicted molar refractivity (Wildman–Crippen MR) is 98.3 cm³/mol. The van der Waals surface area contributed by atoms with E-state index in [9.17, 15) is 9.59 Å². The maximum absolute atomic E-state index is 12.9. The zero-order valence-corrected chi connectivity index (χ0v) is 14.7. The zero-order chi connectivity index (χ0) is 17.2. The van der Waals surface area contributed by atoms with E-state index < -0.39 is 6.10 Å². The summed E-state index contributed by atoms with van der Waals surface area (Å²) < 4.78 is 5.45. The lowest BCUT2D eigenvalue weighted by atomic mass is 10.1. The fourth-order valence-electron chi connectivity index (χ4n) is 3.42. The average Bonchev–Trinajstić information content (AvgIpc) is 3.32. The van der Waals surface area contributed by atoms with Crippen LogP contribution in [-0.4, -0.2) is 24.5 Å². The average molecular weight is 356 g/mol. The molecule has 4 rings (SSSR count). The summed E-state index contributed by atoms with van der Waals surface area (Å²) in [6.07, 6.45) is 4.16. The molecule has 2 aliphatic rings. The number of fused-ring (bicyclic) bond motifs is 1. The van der Waals surface area contributed by atoms with Crippen molar-refractivity contribution in [1.82, 2.24) is 0 Å². The monoisotopic (exact) mass is 356 g/mol. The van der Waals surface area contributed by atoms with Gasteiger partial charge in [0.05, 0.1) is 5.56 Å². The number of aryl methyl sites for hydroxylation is 1. The van der Waals surface area contributed by atoms with Crippen LogP contribution in [0.25, 0.3) is 0 Å². The molecule has 2 heterocycles. The fourth-order valence-corrected chi connectivity index (χ4v) is 4.71. The van der Waals surface area contributed by atoms with Gasteiger partial charge in [-0.2, -0.15) is 0 Å². The first-order chi connectivity index (χ1) is 12.2. The summed E-state index contributed by atoms with van der Waals surface area (Å²) in [6, 6.07) is 9.39. The molecular formula is C19H20N2O3S. The molecule has 1 aliphatic heterocycles. The van der Waals surface area contributed by atoms with Gasteiger partial charge in [-0.15, -0.1) is 11.3 Å². The molecule has 2 amide bonds. The number of hydrogen-bond donors (Lipinski definition) is 2. The summed E-state index contributed by atoms with van der Waals surface area (Å²) in [7, 11) is 0. The number of carbonyl (C=O) groups is 2. The molecule has 1 aromatic heterocycles. The molecule has 130 valence electrons. The van der Waals surface area contributed by atoms with Gasteiger partial charge in [-0.3, -0.25) is 9.59 Å². The number of hydrogen-bond acceptors (Lipinski definition) is 4. The summed E-state index contributed by atoms with van der Waals surface area (Å²) in [5.74, 6) is -0.306. The third-order valence-electron chi connectivity index (χ3n) is 4.64. The van der Waals surface area contributed by atoms with Crippen molar-refractivity contribution in [1.29, 1.82) is 0 Å². The number of amides is 2. The highest BCUT2D eigenvalue weighted by Gasteiger charge is 2.30. The molecule has 25 heavy (non-hydrogen) atoms. The number of anilines is 2. The van der Waals surface area contributed by atoms with Crippen molar-refractivity contribution < 1.29 is 14.3 Å². The molecule has 1 atom stereocenters. The van der Waals surface area contributed by atoms with E-state index in [1.54, 1.807) is 0 Å². The number of rotatable bonds is 4. The van der Waals surface area contributed by atoms with Crippen LogP contribution < -0.4 is 10.6 Å². The van der Waals surface area contributed by atoms with Crippen molar-refractivity contribution >= 4 is 33.8 Å². The highest BCUT2D eigenvalue weighted by molar-refractivity contribution is 7.17. The van der Waals surface area contributed by atoms with Gasteiger partial charge in [0.25, 0.3) is 11.8 Å². The molecule has 0 spiro atoms. The van der Waals surface area contributed by atoms with Crippen LogP contribution in [0.4, 0.5) is 10.7 Å². The summed E-state index contributed by atoms with van der Waals surface area (Å²) in [5.41, 5.74) is 2.45. The minimum Gasteiger partial charge on any atom is -0.368 e. The molecule has 5 nitrogen and oxygen atoms in total. The lowest BCUT2D eigenvalue weighted by Crippen LogP contribution is -2.27. The molecule has 1 aromatic carbocycles. The van der Waals surface area contributed by atoms with E-state index in [-0.39, 0.29) is 11.8 Å². The third-order valence-corrected chi connectivity index (χ3v) is 5.85. The Morgan fingerprint density at radius 2 is 1.92 bits per heavy atom. The van der Waals surface area contributed by atoms with Crippen molar-refractivity contribution in [2.45, 2.75) is 38.2 Å². The van der Waals surface area contributed by atoms with Crippen LogP contribution >= 0.6 is 11.3 Å². The summed E-state index contributed by atoms with van der Waals surface area (Å²) >= 11 is 1.53. The van der Waals surface area contributed by atoms with E-state index in [2.05, 4.69) is 10.6 Å². The molecule has 0 saturated carbocycles. The second-order valence-corrected chi connectivity index (χ2v) is 7.48. The largest absolute Gasteiger partial charge is 0.368 e. The van der Waals surface area contributed by atoms with Crippen molar-refractivity contribution in [3.8, 4) is 0 Å². The van der Waals surface area contributed by atoms with Gasteiger partial charge in [-0.05, 0) is 49.8 Å². The molecule has 0 bridgehead atoms. The first-order valence-electron chi connectivity index (χ1n) is 8.66. The number of carbonyl (C=O) groups excluding carboxylic acids is 2. The Morgan fingerprint density at radius 1 is 1.08 bits per heavy atom. The first-order valence-corrected chi connectivity index (χ1v) is 9.47. The van der Waals surface area contributed by atoms with Gasteiger partial charge >= 0.3 is 0 Å². The lowest BCUT2D eigenvalue weighted by molar-refractivity contribution is -0.124. The highest BCUT2D eigenvalue weighted by atomic mass is 32.1. The van der Waals surface area contributed by atoms with Gasteiger partial charge in [0.1, 0.15) is 11.1 Å². The van der Waals surface area contributed by atoms with E-state index in [1.807, 2.05) is 30.3 Å². The van der Waals surface area contributed by atoms with E-state index in [0.29, 0.717) is 17.2 Å². The third kappa shape index (κ3) is 3.32. The minimum atomic E-state index is -0.401. The predicted octanol–water partition coefficient (Wildman–Crippen LogP) is 3.61. The molecule has 1 aliphatic carbocycles. The van der Waals surface area contributed by atoms with Crippen LogP contribution in [0.3, 0.4) is 0 Å². The second kappa shape index (κ2) is 6.98. The molecule has 0 radical (unpaired) electrons. The zero-order valence-electron chi connectivity index (χ0n) is 13.8. The van der Waals surface area contributed by atoms with Crippen LogP contribution in [0.1, 0.15) is 40.1 Å². The van der Waals surface area contributed by atoms with Crippen molar-refractivity contribution in [3.05, 3.63) is 46.3 Å². The summed E-state index contributed by atoms with van der Waals surface area (Å²) in [6.45, 7) is 0.625. The quantitative estimate of drug-likeness (QED) is 0.879. The smallest absolute Gasteiger partial charge is 0.258 e. The maximum Gasteiger partial charge on any atom is 0.258 e. The number of para-hydroxylation sites is 1. The number of benzene rings is 1. The van der Waals surface area contributed by atoms with E-state index in [1.165, 1.54) is 16.2 Å². The molecule has 1 saturated heterocycles. The Kier molecular flexibility index (Phi) is 4.55. The van der Waals surface area contributed by atoms with Crippen LogP contribution in [0, 0.1) is 0 Å². The Morgan fingerprint density at radius 3 is 2.68 bits per heavy atom. The van der Waals surface area contributed by atoms with Crippen LogP contribution in [-0.2, 0) is 22.4 Å². The Labute approximate surface area is 150 Å². The van der Waals surface area contributed by atoms with Gasteiger partial charge in [-0.1, -0.05) is 18.2 Å². The van der Waals surface area contributed by atoms with Crippen molar-refractivity contribution in [2.24, 2.45) is 0 Å². The maximum atomic E-state index is 12.9. The lowest BCUT2D eigenvalue weighted by Gasteiger charge is -2.12. The van der Waals surface area contributed by atoms with E-state index in [4.69, 9.17) is 4.74 Å². The van der Waals surface area contributed by atoms with Gasteiger partial charge in [-0.25, -0.2) is 0 Å². The van der Waals surface area contributed by atoms with Crippen molar-refractivity contribution in [3.63, 3.8) is 0 Å². The molecule has 6 heteroatoms. The Bertz CT molecular complexity index is 795. The fraction of sp³-hybridized carbons (Fsp3) is 0.368. The number of ether oxygens (including phenoxy) is 1. The Hall–Kier alpha value is -2.18. The molecule has 2 N–H and O–H groups in total. The summed E-state index contributed by atoms with van der Waals surface area (Å²) in [4.78, 5) is 26.5. The number of thiophene rings is 1. The van der Waals surface area contributed by atoms with Crippen LogP contribution in [0.5, 0.6) is 0 Å². The van der Waals surface area contributed by atoms with Crippen molar-refractivity contribution in [2.75, 3.05) is 17.2 Å². The van der Waals surface area contributed by atoms with Gasteiger partial charge in [0, 0.05) is 17.2 Å². The summed E-state index contributed by atoms with van der Waals surface area (Å²) in [5, 5.41) is 6.54. The van der Waals surface area contributed by atoms with Gasteiger partial charge in [0.2, 0.25) is 0 Å². The van der Waals surface area contributed by atoms with Gasteiger partial charge < -0.3 is 15.4 Å². The molecular weight excluding hydrogens is 336 g/mol. The first kappa shape index (κ1) is 16.3. The van der Waals surface area contributed by atoms with E-state index in [0.717, 1.165) is 43.4 Å². The van der Waals surface area contributed by atoms with Gasteiger partial charge in [0.15, 0.2) is 0 Å². The SMILES string of the molecule is O=C(Nc1ccccc1)c1c(NC(=O)C2CCCO2)sc2c1CCC2. The topological polar surface area (TPSA) is 67.4 Å². The van der Waals surface area contributed by atoms with Crippen LogP contribution in [0.2, 0.25) is 0 Å². The minimum absolute atomic E-state index is 0.147. The second-order valence-electron chi connectivity index (χ2n) is 6.37. The van der Waals surface area contributed by atoms with E-state index >= 15 is 0 Å². The van der Waals surface area contributed by atoms with Crippen LogP contribution in [0.15, 0.2) is 30.3 Å². The molecule has 1 unspecified atom stereocenters.